The second-order valence-corrected chi connectivity index (χ2v) is 4.63. The van der Waals surface area contributed by atoms with E-state index in [1.54, 1.807) is 0 Å². The van der Waals surface area contributed by atoms with Gasteiger partial charge in [-0.05, 0) is 25.9 Å². The zero-order valence-electron chi connectivity index (χ0n) is 11.2. The Kier molecular flexibility index (Phi) is 7.54. The third-order valence-electron chi connectivity index (χ3n) is 2.65. The van der Waals surface area contributed by atoms with Crippen LogP contribution in [0.3, 0.4) is 0 Å². The first-order valence-corrected chi connectivity index (χ1v) is 6.09. The van der Waals surface area contributed by atoms with E-state index in [4.69, 9.17) is 5.11 Å². The number of carbonyl (C=O) groups excluding carboxylic acids is 1. The van der Waals surface area contributed by atoms with Gasteiger partial charge in [0.05, 0.1) is 6.04 Å². The Morgan fingerprint density at radius 2 is 1.94 bits per heavy atom. The monoisotopic (exact) mass is 244 g/mol. The quantitative estimate of drug-likeness (QED) is 0.667. The van der Waals surface area contributed by atoms with Gasteiger partial charge in [-0.15, -0.1) is 0 Å². The molecular formula is C12H24N2O3. The summed E-state index contributed by atoms with van der Waals surface area (Å²) in [6.45, 7) is 6.56. The number of rotatable bonds is 8. The maximum Gasteiger partial charge on any atom is 0.322 e. The number of hydrogen-bond acceptors (Lipinski definition) is 3. The minimum atomic E-state index is -1.02. The summed E-state index contributed by atoms with van der Waals surface area (Å²) in [5.74, 6) is -1.07. The molecular weight excluding hydrogens is 220 g/mol. The molecule has 1 amide bonds. The van der Waals surface area contributed by atoms with Crippen LogP contribution in [0.15, 0.2) is 0 Å². The van der Waals surface area contributed by atoms with E-state index in [2.05, 4.69) is 12.2 Å². The molecule has 2 N–H and O–H groups in total. The zero-order chi connectivity index (χ0) is 13.4. The molecule has 0 aromatic carbocycles. The number of nitrogens with zero attached hydrogens (tertiary/aromatic N) is 1. The summed E-state index contributed by atoms with van der Waals surface area (Å²) >= 11 is 0. The van der Waals surface area contributed by atoms with Gasteiger partial charge in [0.2, 0.25) is 5.91 Å². The van der Waals surface area contributed by atoms with E-state index in [9.17, 15) is 9.59 Å². The van der Waals surface area contributed by atoms with Gasteiger partial charge in [-0.3, -0.25) is 14.5 Å². The smallest absolute Gasteiger partial charge is 0.322 e. The van der Waals surface area contributed by atoms with Crippen molar-refractivity contribution in [3.8, 4) is 0 Å². The second-order valence-electron chi connectivity index (χ2n) is 4.63. The fourth-order valence-corrected chi connectivity index (χ4v) is 1.83. The van der Waals surface area contributed by atoms with Crippen LogP contribution in [0.2, 0.25) is 0 Å². The van der Waals surface area contributed by atoms with Crippen molar-refractivity contribution in [1.29, 1.82) is 0 Å². The van der Waals surface area contributed by atoms with Crippen LogP contribution < -0.4 is 5.32 Å². The average Bonchev–Trinajstić information content (AvgIpc) is 2.23. The fourth-order valence-electron chi connectivity index (χ4n) is 1.83. The second kappa shape index (κ2) is 8.06. The highest BCUT2D eigenvalue weighted by Gasteiger charge is 2.26. The molecule has 0 aliphatic carbocycles. The van der Waals surface area contributed by atoms with Crippen LogP contribution in [0.4, 0.5) is 0 Å². The zero-order valence-corrected chi connectivity index (χ0v) is 11.2. The molecule has 0 saturated carbocycles. The number of hydrogen-bond donors (Lipinski definition) is 2. The molecule has 0 heterocycles. The van der Waals surface area contributed by atoms with Crippen LogP contribution in [0.1, 0.15) is 33.6 Å². The lowest BCUT2D eigenvalue weighted by atomic mass is 10.0. The van der Waals surface area contributed by atoms with Crippen molar-refractivity contribution in [2.24, 2.45) is 5.92 Å². The van der Waals surface area contributed by atoms with Gasteiger partial charge in [0.1, 0.15) is 6.54 Å². The summed E-state index contributed by atoms with van der Waals surface area (Å²) in [5.41, 5.74) is 0. The van der Waals surface area contributed by atoms with Gasteiger partial charge in [-0.2, -0.15) is 0 Å². The van der Waals surface area contributed by atoms with E-state index in [1.807, 2.05) is 25.8 Å². The Morgan fingerprint density at radius 3 is 2.35 bits per heavy atom. The minimum absolute atomic E-state index is 0.158. The predicted molar refractivity (Wildman–Crippen MR) is 66.8 cm³/mol. The number of carboxylic acid groups (broad SMARTS) is 1. The summed E-state index contributed by atoms with van der Waals surface area (Å²) in [6, 6.07) is -0.263. The molecule has 0 spiro atoms. The Bertz CT molecular complexity index is 254. The molecule has 17 heavy (non-hydrogen) atoms. The Labute approximate surface area is 103 Å². The van der Waals surface area contributed by atoms with E-state index in [-0.39, 0.29) is 24.4 Å². The molecule has 5 heteroatoms. The number of nitrogens with one attached hydrogen (secondary N) is 1. The van der Waals surface area contributed by atoms with Crippen molar-refractivity contribution in [3.05, 3.63) is 0 Å². The summed E-state index contributed by atoms with van der Waals surface area (Å²) in [4.78, 5) is 24.3. The molecule has 0 radical (unpaired) electrons. The summed E-state index contributed by atoms with van der Waals surface area (Å²) in [5, 5.41) is 11.0. The van der Waals surface area contributed by atoms with E-state index in [1.165, 1.54) is 0 Å². The van der Waals surface area contributed by atoms with Crippen molar-refractivity contribution in [2.75, 3.05) is 20.1 Å². The van der Waals surface area contributed by atoms with Crippen LogP contribution in [0.5, 0.6) is 0 Å². The van der Waals surface area contributed by atoms with E-state index in [0.717, 1.165) is 19.4 Å². The van der Waals surface area contributed by atoms with Gasteiger partial charge >= 0.3 is 5.97 Å². The molecule has 0 aromatic heterocycles. The van der Waals surface area contributed by atoms with Gasteiger partial charge in [0.15, 0.2) is 0 Å². The Morgan fingerprint density at radius 1 is 1.35 bits per heavy atom. The van der Waals surface area contributed by atoms with Gasteiger partial charge in [-0.1, -0.05) is 27.2 Å². The highest BCUT2D eigenvalue weighted by Crippen LogP contribution is 2.10. The summed E-state index contributed by atoms with van der Waals surface area (Å²) in [7, 11) is 1.90. The first-order chi connectivity index (χ1) is 7.90. The van der Waals surface area contributed by atoms with E-state index < -0.39 is 5.97 Å². The lowest BCUT2D eigenvalue weighted by Crippen LogP contribution is -2.49. The van der Waals surface area contributed by atoms with Gasteiger partial charge in [-0.25, -0.2) is 0 Å². The normalized spacial score (nSPS) is 12.8. The number of carbonyl (C=O) groups is 2. The van der Waals surface area contributed by atoms with Crippen LogP contribution in [-0.4, -0.2) is 48.1 Å². The number of aliphatic carboxylic acids is 1. The molecule has 100 valence electrons. The lowest BCUT2D eigenvalue weighted by Gasteiger charge is -2.29. The molecule has 5 nitrogen and oxygen atoms in total. The Hall–Kier alpha value is -1.10. The van der Waals surface area contributed by atoms with Gasteiger partial charge in [0, 0.05) is 0 Å². The first-order valence-electron chi connectivity index (χ1n) is 6.09. The molecule has 0 aromatic rings. The van der Waals surface area contributed by atoms with E-state index >= 15 is 0 Å². The van der Waals surface area contributed by atoms with Crippen LogP contribution in [-0.2, 0) is 9.59 Å². The molecule has 1 unspecified atom stereocenters. The highest BCUT2D eigenvalue weighted by atomic mass is 16.4. The molecule has 1 atom stereocenters. The fraction of sp³-hybridized carbons (Fsp3) is 0.833. The van der Waals surface area contributed by atoms with Gasteiger partial charge < -0.3 is 10.4 Å². The van der Waals surface area contributed by atoms with Crippen LogP contribution >= 0.6 is 0 Å². The van der Waals surface area contributed by atoms with Crippen molar-refractivity contribution >= 4 is 11.9 Å². The topological polar surface area (TPSA) is 69.6 Å². The van der Waals surface area contributed by atoms with Gasteiger partial charge in [0.25, 0.3) is 0 Å². The molecule has 0 fully saturated rings. The molecule has 0 aliphatic rings. The van der Waals surface area contributed by atoms with Crippen molar-refractivity contribution in [3.63, 3.8) is 0 Å². The third kappa shape index (κ3) is 6.26. The van der Waals surface area contributed by atoms with Crippen LogP contribution in [0, 0.1) is 5.92 Å². The SMILES string of the molecule is CCCCN(C)C(C(=O)NCC(=O)O)C(C)C. The van der Waals surface area contributed by atoms with Crippen LogP contribution in [0.25, 0.3) is 0 Å². The standard InChI is InChI=1S/C12H24N2O3/c1-5-6-7-14(4)11(9(2)3)12(17)13-8-10(15)16/h9,11H,5-8H2,1-4H3,(H,13,17)(H,15,16). The number of carboxylic acids is 1. The first kappa shape index (κ1) is 15.9. The average molecular weight is 244 g/mol. The van der Waals surface area contributed by atoms with Crippen molar-refractivity contribution in [2.45, 2.75) is 39.7 Å². The largest absolute Gasteiger partial charge is 0.480 e. The number of likely N-dealkylation sites (N-methyl/N-ethyl adjacent to an activating group) is 1. The molecule has 0 aliphatic heterocycles. The number of unbranched alkanes of at least 4 members (excludes halogenated alkanes) is 1. The Balaban J connectivity index is 4.39. The highest BCUT2D eigenvalue weighted by molar-refractivity contribution is 5.85. The van der Waals surface area contributed by atoms with Crippen molar-refractivity contribution in [1.82, 2.24) is 10.2 Å². The maximum atomic E-state index is 11.9. The van der Waals surface area contributed by atoms with E-state index in [0.29, 0.717) is 0 Å². The number of amides is 1. The lowest BCUT2D eigenvalue weighted by molar-refractivity contribution is -0.139. The summed E-state index contributed by atoms with van der Waals surface area (Å²) < 4.78 is 0. The molecule has 0 rings (SSSR count). The predicted octanol–water partition coefficient (Wildman–Crippen LogP) is 0.944. The molecule has 0 bridgehead atoms. The third-order valence-corrected chi connectivity index (χ3v) is 2.65. The molecule has 0 saturated heterocycles. The summed E-state index contributed by atoms with van der Waals surface area (Å²) in [6.07, 6.45) is 2.11. The minimum Gasteiger partial charge on any atom is -0.480 e. The maximum absolute atomic E-state index is 11.9. The van der Waals surface area contributed by atoms with Crippen molar-refractivity contribution < 1.29 is 14.7 Å².